The van der Waals surface area contributed by atoms with E-state index in [0.717, 1.165) is 30.1 Å². The molecule has 1 saturated heterocycles. The number of rotatable bonds is 2. The van der Waals surface area contributed by atoms with Crippen molar-refractivity contribution >= 4 is 11.8 Å². The van der Waals surface area contributed by atoms with Crippen LogP contribution < -0.4 is 4.74 Å². The summed E-state index contributed by atoms with van der Waals surface area (Å²) in [6.07, 6.45) is 2.38. The molecule has 3 heteroatoms. The maximum absolute atomic E-state index is 8.99. The predicted octanol–water partition coefficient (Wildman–Crippen LogP) is 2.73. The normalized spacial score (nSPS) is 23.3. The van der Waals surface area contributed by atoms with Gasteiger partial charge in [-0.2, -0.15) is 17.0 Å². The van der Waals surface area contributed by atoms with Crippen LogP contribution in [0, 0.1) is 11.3 Å². The van der Waals surface area contributed by atoms with Crippen LogP contribution in [0.5, 0.6) is 5.75 Å². The Morgan fingerprint density at radius 3 is 2.94 bits per heavy atom. The molecule has 0 saturated carbocycles. The predicted molar refractivity (Wildman–Crippen MR) is 64.9 cm³/mol. The summed E-state index contributed by atoms with van der Waals surface area (Å²) in [5.41, 5.74) is 2.51. The zero-order valence-electron chi connectivity index (χ0n) is 8.98. The van der Waals surface area contributed by atoms with Gasteiger partial charge in [0.25, 0.3) is 0 Å². The lowest BCUT2D eigenvalue weighted by Gasteiger charge is -2.26. The first-order chi connectivity index (χ1) is 7.86. The van der Waals surface area contributed by atoms with Crippen molar-refractivity contribution in [2.24, 2.45) is 0 Å². The fourth-order valence-corrected chi connectivity index (χ4v) is 2.84. The van der Waals surface area contributed by atoms with Crippen molar-refractivity contribution < 1.29 is 4.74 Å². The number of ether oxygens (including phenoxy) is 1. The van der Waals surface area contributed by atoms with Crippen molar-refractivity contribution in [3.63, 3.8) is 0 Å². The molecule has 1 fully saturated rings. The Morgan fingerprint density at radius 1 is 1.38 bits per heavy atom. The highest BCUT2D eigenvalue weighted by Crippen LogP contribution is 2.35. The summed E-state index contributed by atoms with van der Waals surface area (Å²) >= 11 is 1.93. The van der Waals surface area contributed by atoms with Crippen LogP contribution in [0.2, 0.25) is 0 Å². The highest BCUT2D eigenvalue weighted by Gasteiger charge is 2.24. The topological polar surface area (TPSA) is 33.0 Å². The third kappa shape index (κ3) is 1.68. The average Bonchev–Trinajstić information content (AvgIpc) is 2.65. The monoisotopic (exact) mass is 231 g/mol. The Kier molecular flexibility index (Phi) is 2.53. The number of benzene rings is 1. The van der Waals surface area contributed by atoms with E-state index in [4.69, 9.17) is 10.00 Å². The van der Waals surface area contributed by atoms with Crippen LogP contribution in [0.15, 0.2) is 18.2 Å². The fraction of sp³-hybridized carbons (Fsp3) is 0.462. The molecule has 0 N–H and O–H groups in total. The second-order valence-electron chi connectivity index (χ2n) is 4.36. The number of aryl methyl sites for hydroxylation is 1. The molecule has 1 atom stereocenters. The number of hydrogen-bond acceptors (Lipinski definition) is 3. The van der Waals surface area contributed by atoms with Gasteiger partial charge in [-0.3, -0.25) is 0 Å². The van der Waals surface area contributed by atoms with Crippen molar-refractivity contribution in [3.05, 3.63) is 29.3 Å². The third-order valence-electron chi connectivity index (χ3n) is 3.26. The second kappa shape index (κ2) is 4.03. The molecule has 16 heavy (non-hydrogen) atoms. The number of hydrogen-bond donors (Lipinski definition) is 0. The molecule has 1 aromatic carbocycles. The van der Waals surface area contributed by atoms with Crippen LogP contribution in [0.1, 0.15) is 23.5 Å². The van der Waals surface area contributed by atoms with Crippen molar-refractivity contribution in [1.82, 2.24) is 0 Å². The highest BCUT2D eigenvalue weighted by molar-refractivity contribution is 8.00. The maximum Gasteiger partial charge on any atom is 0.120 e. The molecule has 3 rings (SSSR count). The van der Waals surface area contributed by atoms with E-state index >= 15 is 0 Å². The van der Waals surface area contributed by atoms with E-state index in [-0.39, 0.29) is 5.92 Å². The first-order valence-corrected chi connectivity index (χ1v) is 6.79. The Labute approximate surface area is 99.6 Å². The number of thioether (sulfide) groups is 1. The number of fused-ring (bicyclic) bond motifs is 1. The van der Waals surface area contributed by atoms with Gasteiger partial charge in [0, 0.05) is 11.5 Å². The Balaban J connectivity index is 1.81. The molecule has 82 valence electrons. The SMILES string of the molecule is N#CC1CCc2cc(OC3CSC3)ccc21. The first-order valence-electron chi connectivity index (χ1n) is 5.63. The summed E-state index contributed by atoms with van der Waals surface area (Å²) in [6, 6.07) is 8.56. The molecule has 1 aromatic rings. The van der Waals surface area contributed by atoms with Crippen LogP contribution in [0.4, 0.5) is 0 Å². The van der Waals surface area contributed by atoms with Gasteiger partial charge in [0.15, 0.2) is 0 Å². The molecule has 1 unspecified atom stereocenters. The zero-order chi connectivity index (χ0) is 11.0. The number of nitrogens with zero attached hydrogens (tertiary/aromatic N) is 1. The summed E-state index contributed by atoms with van der Waals surface area (Å²) in [7, 11) is 0. The lowest BCUT2D eigenvalue weighted by molar-refractivity contribution is 0.240. The van der Waals surface area contributed by atoms with Crippen molar-refractivity contribution in [2.45, 2.75) is 24.9 Å². The van der Waals surface area contributed by atoms with Gasteiger partial charge in [-0.1, -0.05) is 6.07 Å². The van der Waals surface area contributed by atoms with Gasteiger partial charge in [0.2, 0.25) is 0 Å². The molecule has 0 radical (unpaired) electrons. The van der Waals surface area contributed by atoms with E-state index in [0.29, 0.717) is 6.10 Å². The van der Waals surface area contributed by atoms with E-state index < -0.39 is 0 Å². The molecule has 0 aromatic heterocycles. The van der Waals surface area contributed by atoms with Gasteiger partial charge in [-0.15, -0.1) is 0 Å². The minimum Gasteiger partial charge on any atom is -0.489 e. The second-order valence-corrected chi connectivity index (χ2v) is 5.43. The summed E-state index contributed by atoms with van der Waals surface area (Å²) in [5, 5.41) is 8.99. The Hall–Kier alpha value is -1.14. The van der Waals surface area contributed by atoms with Crippen LogP contribution in [0.3, 0.4) is 0 Å². The lowest BCUT2D eigenvalue weighted by atomic mass is 10.0. The minimum absolute atomic E-state index is 0.100. The summed E-state index contributed by atoms with van der Waals surface area (Å²) in [6.45, 7) is 0. The van der Waals surface area contributed by atoms with Crippen LogP contribution >= 0.6 is 11.8 Å². The molecule has 0 spiro atoms. The molecular weight excluding hydrogens is 218 g/mol. The van der Waals surface area contributed by atoms with Crippen molar-refractivity contribution in [2.75, 3.05) is 11.5 Å². The minimum atomic E-state index is 0.100. The summed E-state index contributed by atoms with van der Waals surface area (Å²) < 4.78 is 5.84. The van der Waals surface area contributed by atoms with Gasteiger partial charge < -0.3 is 4.74 Å². The van der Waals surface area contributed by atoms with E-state index in [2.05, 4.69) is 18.2 Å². The van der Waals surface area contributed by atoms with E-state index in [1.165, 1.54) is 11.1 Å². The van der Waals surface area contributed by atoms with Crippen LogP contribution in [0.25, 0.3) is 0 Å². The molecule has 1 aliphatic heterocycles. The average molecular weight is 231 g/mol. The van der Waals surface area contributed by atoms with Gasteiger partial charge in [0.1, 0.15) is 11.9 Å². The molecule has 2 nitrogen and oxygen atoms in total. The molecule has 0 amide bonds. The third-order valence-corrected chi connectivity index (χ3v) is 4.47. The standard InChI is InChI=1S/C13H13NOS/c14-6-10-2-1-9-5-11(3-4-13(9)10)15-12-7-16-8-12/h3-5,10,12H,1-2,7-8H2. The smallest absolute Gasteiger partial charge is 0.120 e. The summed E-state index contributed by atoms with van der Waals surface area (Å²) in [5.74, 6) is 3.29. The molecule has 2 aliphatic rings. The highest BCUT2D eigenvalue weighted by atomic mass is 32.2. The van der Waals surface area contributed by atoms with Gasteiger partial charge in [0.05, 0.1) is 12.0 Å². The van der Waals surface area contributed by atoms with Crippen molar-refractivity contribution in [1.29, 1.82) is 5.26 Å². The molecule has 0 bridgehead atoms. The first kappa shape index (κ1) is 10.0. The Bertz CT molecular complexity index is 448. The maximum atomic E-state index is 8.99. The zero-order valence-corrected chi connectivity index (χ0v) is 9.80. The van der Waals surface area contributed by atoms with Gasteiger partial charge in [-0.05, 0) is 36.1 Å². The number of nitriles is 1. The van der Waals surface area contributed by atoms with E-state index in [1.807, 2.05) is 17.8 Å². The molecule has 1 aliphatic carbocycles. The quantitative estimate of drug-likeness (QED) is 0.784. The molecular formula is C13H13NOS. The van der Waals surface area contributed by atoms with Gasteiger partial charge >= 0.3 is 0 Å². The van der Waals surface area contributed by atoms with Crippen LogP contribution in [-0.2, 0) is 6.42 Å². The summed E-state index contributed by atoms with van der Waals surface area (Å²) in [4.78, 5) is 0. The van der Waals surface area contributed by atoms with E-state index in [1.54, 1.807) is 0 Å². The lowest BCUT2D eigenvalue weighted by Crippen LogP contribution is -2.31. The van der Waals surface area contributed by atoms with Gasteiger partial charge in [-0.25, -0.2) is 0 Å². The Morgan fingerprint density at radius 2 is 2.25 bits per heavy atom. The van der Waals surface area contributed by atoms with Crippen LogP contribution in [-0.4, -0.2) is 17.6 Å². The van der Waals surface area contributed by atoms with E-state index in [9.17, 15) is 0 Å². The molecule has 1 heterocycles. The van der Waals surface area contributed by atoms with Crippen molar-refractivity contribution in [3.8, 4) is 11.8 Å². The fourth-order valence-electron chi connectivity index (χ4n) is 2.28. The largest absolute Gasteiger partial charge is 0.489 e.